The van der Waals surface area contributed by atoms with E-state index < -0.39 is 12.8 Å². The normalized spacial score (nSPS) is 14.3. The number of aliphatic hydroxyl groups is 1. The van der Waals surface area contributed by atoms with Gasteiger partial charge in [-0.3, -0.25) is 0 Å². The first-order valence-corrected chi connectivity index (χ1v) is 6.41. The van der Waals surface area contributed by atoms with Crippen LogP contribution in [0.15, 0.2) is 23.0 Å². The minimum absolute atomic E-state index is 0.0539. The second kappa shape index (κ2) is 6.53. The molecule has 110 valence electrons. The lowest BCUT2D eigenvalue weighted by Crippen LogP contribution is -2.37. The van der Waals surface area contributed by atoms with Crippen LogP contribution >= 0.6 is 0 Å². The fraction of sp³-hybridized carbons (Fsp3) is 0.462. The van der Waals surface area contributed by atoms with Gasteiger partial charge < -0.3 is 25.1 Å². The number of aliphatic hydroxyl groups excluding tert-OH is 1. The third kappa shape index (κ3) is 3.58. The molecule has 6 nitrogen and oxygen atoms in total. The van der Waals surface area contributed by atoms with Gasteiger partial charge in [-0.15, -0.1) is 0 Å². The van der Waals surface area contributed by atoms with Gasteiger partial charge in [0.05, 0.1) is 5.52 Å². The van der Waals surface area contributed by atoms with E-state index >= 15 is 0 Å². The van der Waals surface area contributed by atoms with E-state index in [1.54, 1.807) is 25.1 Å². The summed E-state index contributed by atoms with van der Waals surface area (Å²) in [6, 6.07) is 4.91. The summed E-state index contributed by atoms with van der Waals surface area (Å²) >= 11 is 0. The van der Waals surface area contributed by atoms with Gasteiger partial charge in [0.15, 0.2) is 0 Å². The van der Waals surface area contributed by atoms with E-state index in [0.29, 0.717) is 16.8 Å². The number of para-hydroxylation sites is 1. The molecule has 0 amide bonds. The monoisotopic (exact) mass is 282 g/mol. The Morgan fingerprint density at radius 2 is 2.25 bits per heavy atom. The summed E-state index contributed by atoms with van der Waals surface area (Å²) in [5.41, 5.74) is 0.899. The summed E-state index contributed by atoms with van der Waals surface area (Å²) in [5, 5.41) is 12.6. The highest BCUT2D eigenvalue weighted by Gasteiger charge is 2.10. The maximum absolute atomic E-state index is 12.3. The molecule has 2 aromatic rings. The second-order valence-electron chi connectivity index (χ2n) is 4.69. The molecule has 1 aromatic carbocycles. The van der Waals surface area contributed by atoms with Crippen LogP contribution in [0, 0.1) is 0 Å². The number of nitrogens with one attached hydrogen (secondary N) is 3. The lowest BCUT2D eigenvalue weighted by atomic mass is 10.3. The number of alkyl halides is 1. The summed E-state index contributed by atoms with van der Waals surface area (Å²) in [4.78, 5) is 16.5. The minimum Gasteiger partial charge on any atom is -0.489 e. The van der Waals surface area contributed by atoms with Crippen LogP contribution in [0.3, 0.4) is 0 Å². The van der Waals surface area contributed by atoms with Crippen molar-refractivity contribution >= 4 is 11.0 Å². The van der Waals surface area contributed by atoms with E-state index in [-0.39, 0.29) is 24.9 Å². The van der Waals surface area contributed by atoms with Crippen LogP contribution in [0.5, 0.6) is 5.75 Å². The van der Waals surface area contributed by atoms with Crippen LogP contribution in [0.25, 0.3) is 11.0 Å². The number of aromatic nitrogens is 2. The lowest BCUT2D eigenvalue weighted by molar-refractivity contribution is 0.104. The molecule has 0 fully saturated rings. The van der Waals surface area contributed by atoms with Gasteiger partial charge >= 0.3 is 5.69 Å². The van der Waals surface area contributed by atoms with Crippen molar-refractivity contribution in [1.82, 2.24) is 15.3 Å². The highest BCUT2D eigenvalue weighted by atomic mass is 18.2. The number of aromatic amines is 2. The Labute approximate surface area is 115 Å². The molecule has 2 atom stereocenters. The molecule has 0 saturated heterocycles. The standard InChI is InChI=1S/C13H18FN3O3/c1-8(5-14)15-6-9(18)7-20-11-4-2-3-10-12(11)17-13(19)16-10/h2-4,8-9,15,18H,5-7H2,1H3,(H2,16,17,19)/t8?,9-/m0/s1/i14-1. The maximum Gasteiger partial charge on any atom is 0.323 e. The van der Waals surface area contributed by atoms with Crippen molar-refractivity contribution in [3.05, 3.63) is 28.7 Å². The van der Waals surface area contributed by atoms with Crippen LogP contribution in [-0.4, -0.2) is 47.0 Å². The van der Waals surface area contributed by atoms with Crippen LogP contribution in [0.4, 0.5) is 4.39 Å². The van der Waals surface area contributed by atoms with Gasteiger partial charge in [-0.25, -0.2) is 9.18 Å². The topological polar surface area (TPSA) is 90.1 Å². The summed E-state index contributed by atoms with van der Waals surface area (Å²) in [5.74, 6) is 0.485. The highest BCUT2D eigenvalue weighted by Crippen LogP contribution is 2.20. The van der Waals surface area contributed by atoms with Crippen molar-refractivity contribution in [3.8, 4) is 5.75 Å². The number of ether oxygens (including phenoxy) is 1. The van der Waals surface area contributed by atoms with Crippen molar-refractivity contribution in [2.45, 2.75) is 19.1 Å². The van der Waals surface area contributed by atoms with Crippen LogP contribution in [0.2, 0.25) is 0 Å². The molecule has 0 bridgehead atoms. The average Bonchev–Trinajstić information content (AvgIpc) is 2.83. The van der Waals surface area contributed by atoms with Crippen molar-refractivity contribution in [1.29, 1.82) is 0 Å². The zero-order valence-electron chi connectivity index (χ0n) is 11.1. The quantitative estimate of drug-likeness (QED) is 0.597. The van der Waals surface area contributed by atoms with E-state index in [9.17, 15) is 14.3 Å². The van der Waals surface area contributed by atoms with E-state index in [1.807, 2.05) is 0 Å². The molecule has 1 unspecified atom stereocenters. The zero-order valence-corrected chi connectivity index (χ0v) is 11.1. The number of halogens is 1. The number of H-pyrrole nitrogens is 2. The van der Waals surface area contributed by atoms with E-state index in [0.717, 1.165) is 0 Å². The molecule has 0 spiro atoms. The third-order valence-corrected chi connectivity index (χ3v) is 2.88. The van der Waals surface area contributed by atoms with Gasteiger partial charge in [0.25, 0.3) is 0 Å². The maximum atomic E-state index is 12.3. The first kappa shape index (κ1) is 14.5. The first-order chi connectivity index (χ1) is 9.60. The molecule has 2 rings (SSSR count). The molecule has 0 aliphatic heterocycles. The molecule has 0 aliphatic rings. The summed E-state index contributed by atoms with van der Waals surface area (Å²) < 4.78 is 17.7. The number of hydrogen-bond acceptors (Lipinski definition) is 4. The summed E-state index contributed by atoms with van der Waals surface area (Å²) in [6.07, 6.45) is -0.759. The van der Waals surface area contributed by atoms with Gasteiger partial charge in [0.2, 0.25) is 0 Å². The van der Waals surface area contributed by atoms with Gasteiger partial charge in [-0.1, -0.05) is 6.07 Å². The summed E-state index contributed by atoms with van der Waals surface area (Å²) in [6.45, 7) is 1.50. The Kier molecular flexibility index (Phi) is 4.75. The molecule has 7 heteroatoms. The van der Waals surface area contributed by atoms with Crippen LogP contribution in [-0.2, 0) is 0 Å². The molecule has 0 radical (unpaired) electrons. The van der Waals surface area contributed by atoms with Gasteiger partial charge in [0.1, 0.15) is 30.7 Å². The average molecular weight is 282 g/mol. The zero-order chi connectivity index (χ0) is 14.5. The molecule has 1 heterocycles. The largest absolute Gasteiger partial charge is 0.489 e. The molecule has 20 heavy (non-hydrogen) atoms. The van der Waals surface area contributed by atoms with Crippen molar-refractivity contribution < 1.29 is 14.2 Å². The summed E-state index contributed by atoms with van der Waals surface area (Å²) in [7, 11) is 0. The van der Waals surface area contributed by atoms with E-state index in [2.05, 4.69) is 15.3 Å². The fourth-order valence-corrected chi connectivity index (χ4v) is 1.79. The van der Waals surface area contributed by atoms with E-state index in [4.69, 9.17) is 4.74 Å². The molecular formula is C13H18FN3O3. The van der Waals surface area contributed by atoms with Crippen molar-refractivity contribution in [3.63, 3.8) is 0 Å². The van der Waals surface area contributed by atoms with Gasteiger partial charge in [-0.05, 0) is 19.1 Å². The minimum atomic E-state index is -0.759. The molecule has 0 saturated carbocycles. The number of fused-ring (bicyclic) bond motifs is 1. The predicted octanol–water partition coefficient (Wildman–Crippen LogP) is 0.544. The number of hydrogen-bond donors (Lipinski definition) is 4. The number of benzene rings is 1. The smallest absolute Gasteiger partial charge is 0.323 e. The lowest BCUT2D eigenvalue weighted by Gasteiger charge is -2.15. The molecule has 0 aliphatic carbocycles. The van der Waals surface area contributed by atoms with E-state index in [1.165, 1.54) is 0 Å². The van der Waals surface area contributed by atoms with Crippen molar-refractivity contribution in [2.24, 2.45) is 0 Å². The van der Waals surface area contributed by atoms with Gasteiger partial charge in [0, 0.05) is 12.6 Å². The Morgan fingerprint density at radius 3 is 3.00 bits per heavy atom. The molecule has 1 aromatic heterocycles. The predicted molar refractivity (Wildman–Crippen MR) is 73.9 cm³/mol. The second-order valence-corrected chi connectivity index (χ2v) is 4.69. The highest BCUT2D eigenvalue weighted by molar-refractivity contribution is 5.80. The van der Waals surface area contributed by atoms with Gasteiger partial charge in [-0.2, -0.15) is 0 Å². The number of imidazole rings is 1. The Bertz CT molecular complexity index is 610. The Morgan fingerprint density at radius 1 is 1.45 bits per heavy atom. The van der Waals surface area contributed by atoms with Crippen molar-refractivity contribution in [2.75, 3.05) is 19.8 Å². The Hall–Kier alpha value is -1.86. The van der Waals surface area contributed by atoms with Crippen LogP contribution in [0.1, 0.15) is 6.92 Å². The number of rotatable bonds is 7. The molecule has 4 N–H and O–H groups in total. The SMILES string of the molecule is CC(C[18F])NC[C@H](O)COc1cccc2[nH]c(=O)[nH]c12. The molecular weight excluding hydrogens is 264 g/mol. The fourth-order valence-electron chi connectivity index (χ4n) is 1.79. The Balaban J connectivity index is 1.94. The van der Waals surface area contributed by atoms with Crippen LogP contribution < -0.4 is 15.7 Å². The first-order valence-electron chi connectivity index (χ1n) is 6.41. The third-order valence-electron chi connectivity index (χ3n) is 2.88.